The fourth-order valence-electron chi connectivity index (χ4n) is 1.17. The van der Waals surface area contributed by atoms with Gasteiger partial charge < -0.3 is 0 Å². The Morgan fingerprint density at radius 2 is 2.45 bits per heavy atom. The lowest BCUT2D eigenvalue weighted by molar-refractivity contribution is -0.0494. The van der Waals surface area contributed by atoms with Gasteiger partial charge in [-0.05, 0) is 23.3 Å². The van der Waals surface area contributed by atoms with E-state index in [2.05, 4.69) is 6.07 Å². The first-order valence-corrected chi connectivity index (χ1v) is 3.49. The van der Waals surface area contributed by atoms with Crippen LogP contribution in [0.5, 0.6) is 0 Å². The summed E-state index contributed by atoms with van der Waals surface area (Å²) in [6, 6.07) is 8.86. The number of benzene rings is 1. The fraction of sp³-hybridized carbons (Fsp3) is 0.111. The molecule has 1 aromatic rings. The van der Waals surface area contributed by atoms with Crippen molar-refractivity contribution in [3.8, 4) is 0 Å². The van der Waals surface area contributed by atoms with Gasteiger partial charge in [-0.3, -0.25) is 10.3 Å². The van der Waals surface area contributed by atoms with Gasteiger partial charge in [0.25, 0.3) is 0 Å². The lowest BCUT2D eigenvalue weighted by atomic mass is 10.1. The van der Waals surface area contributed by atoms with Gasteiger partial charge in [0.15, 0.2) is 0 Å². The van der Waals surface area contributed by atoms with Gasteiger partial charge in [0.1, 0.15) is 0 Å². The molecule has 0 saturated carbocycles. The van der Waals surface area contributed by atoms with Crippen LogP contribution in [0.2, 0.25) is 0 Å². The number of hydrogen-bond acceptors (Lipinski definition) is 2. The molecule has 1 radical (unpaired) electrons. The monoisotopic (exact) mass is 146 g/mol. The topological polar surface area (TPSA) is 23.5 Å². The van der Waals surface area contributed by atoms with Crippen LogP contribution in [0.3, 0.4) is 0 Å². The Kier molecular flexibility index (Phi) is 1.40. The normalized spacial score (nSPS) is 14.8. The maximum Gasteiger partial charge on any atom is 0.0702 e. The molecule has 1 aliphatic rings. The Morgan fingerprint density at radius 3 is 3.36 bits per heavy atom. The van der Waals surface area contributed by atoms with Crippen LogP contribution in [0.15, 0.2) is 24.4 Å². The van der Waals surface area contributed by atoms with E-state index in [1.807, 2.05) is 24.3 Å². The Labute approximate surface area is 65.3 Å². The molecule has 1 aromatic carbocycles. The molecule has 55 valence electrons. The van der Waals surface area contributed by atoms with Crippen molar-refractivity contribution in [2.24, 2.45) is 0 Å². The van der Waals surface area contributed by atoms with E-state index in [-0.39, 0.29) is 0 Å². The summed E-state index contributed by atoms with van der Waals surface area (Å²) in [5, 5.41) is 10.3. The van der Waals surface area contributed by atoms with E-state index in [0.29, 0.717) is 6.54 Å². The molecule has 0 fully saturated rings. The average Bonchev–Trinajstić information content (AvgIpc) is 2.04. The molecule has 0 aromatic heterocycles. The van der Waals surface area contributed by atoms with E-state index in [9.17, 15) is 0 Å². The molecule has 0 unspecified atom stereocenters. The Bertz CT molecular complexity index is 293. The standard InChI is InChI=1S/C9H8NO/c11-10-6-5-8-3-1-2-4-9(8)7-10/h1-2,4-6,11H,7H2. The van der Waals surface area contributed by atoms with Gasteiger partial charge in [-0.25, -0.2) is 0 Å². The highest BCUT2D eigenvalue weighted by molar-refractivity contribution is 5.54. The molecule has 0 atom stereocenters. The summed E-state index contributed by atoms with van der Waals surface area (Å²) in [6.45, 7) is 0.559. The molecule has 2 rings (SSSR count). The molecule has 1 heterocycles. The minimum absolute atomic E-state index is 0.559. The van der Waals surface area contributed by atoms with E-state index >= 15 is 0 Å². The number of hydroxylamine groups is 2. The highest BCUT2D eigenvalue weighted by atomic mass is 16.5. The molecule has 2 nitrogen and oxygen atoms in total. The Balaban J connectivity index is 2.46. The highest BCUT2D eigenvalue weighted by Gasteiger charge is 2.06. The van der Waals surface area contributed by atoms with Crippen LogP contribution >= 0.6 is 0 Å². The van der Waals surface area contributed by atoms with E-state index in [4.69, 9.17) is 5.21 Å². The zero-order valence-corrected chi connectivity index (χ0v) is 5.99. The molecule has 0 saturated heterocycles. The predicted molar refractivity (Wildman–Crippen MR) is 41.6 cm³/mol. The first kappa shape index (κ1) is 6.43. The van der Waals surface area contributed by atoms with Gasteiger partial charge in [0.2, 0.25) is 0 Å². The molecule has 0 bridgehead atoms. The maximum atomic E-state index is 9.09. The number of fused-ring (bicyclic) bond motifs is 1. The van der Waals surface area contributed by atoms with Crippen LogP contribution < -0.4 is 0 Å². The maximum absolute atomic E-state index is 9.09. The molecule has 11 heavy (non-hydrogen) atoms. The van der Waals surface area contributed by atoms with Crippen molar-refractivity contribution >= 4 is 6.08 Å². The predicted octanol–water partition coefficient (Wildman–Crippen LogP) is 1.66. The first-order valence-electron chi connectivity index (χ1n) is 3.49. The molecular weight excluding hydrogens is 138 g/mol. The highest BCUT2D eigenvalue weighted by Crippen LogP contribution is 2.16. The van der Waals surface area contributed by atoms with Gasteiger partial charge in [-0.2, -0.15) is 0 Å². The van der Waals surface area contributed by atoms with Crippen molar-refractivity contribution in [1.82, 2.24) is 5.06 Å². The van der Waals surface area contributed by atoms with Crippen LogP contribution in [0, 0.1) is 6.07 Å². The summed E-state index contributed by atoms with van der Waals surface area (Å²) < 4.78 is 0. The molecule has 1 aliphatic heterocycles. The molecule has 0 aliphatic carbocycles. The summed E-state index contributed by atoms with van der Waals surface area (Å²) in [5.74, 6) is 0. The third-order valence-electron chi connectivity index (χ3n) is 1.72. The minimum atomic E-state index is 0.559. The Hall–Kier alpha value is -1.28. The molecule has 0 amide bonds. The molecule has 1 N–H and O–H groups in total. The van der Waals surface area contributed by atoms with Crippen molar-refractivity contribution in [3.63, 3.8) is 0 Å². The second-order valence-corrected chi connectivity index (χ2v) is 2.52. The van der Waals surface area contributed by atoms with Crippen molar-refractivity contribution in [3.05, 3.63) is 41.6 Å². The number of nitrogens with zero attached hydrogens (tertiary/aromatic N) is 1. The number of hydrogen-bond donors (Lipinski definition) is 1. The van der Waals surface area contributed by atoms with Gasteiger partial charge in [-0.1, -0.05) is 18.2 Å². The SMILES string of the molecule is ON1C=Cc2[c]cccc2C1. The van der Waals surface area contributed by atoms with Crippen molar-refractivity contribution in [2.75, 3.05) is 0 Å². The van der Waals surface area contributed by atoms with E-state index in [1.54, 1.807) is 6.20 Å². The largest absolute Gasteiger partial charge is 0.289 e. The minimum Gasteiger partial charge on any atom is -0.289 e. The fourth-order valence-corrected chi connectivity index (χ4v) is 1.17. The summed E-state index contributed by atoms with van der Waals surface area (Å²) in [5.41, 5.74) is 2.18. The molecule has 0 spiro atoms. The summed E-state index contributed by atoms with van der Waals surface area (Å²) in [4.78, 5) is 0. The quantitative estimate of drug-likeness (QED) is 0.601. The molecule has 2 heteroatoms. The second-order valence-electron chi connectivity index (χ2n) is 2.52. The van der Waals surface area contributed by atoms with Crippen LogP contribution in [-0.2, 0) is 6.54 Å². The Morgan fingerprint density at radius 1 is 1.55 bits per heavy atom. The van der Waals surface area contributed by atoms with E-state index in [0.717, 1.165) is 16.2 Å². The summed E-state index contributed by atoms with van der Waals surface area (Å²) in [6.07, 6.45) is 3.48. The zero-order chi connectivity index (χ0) is 7.68. The van der Waals surface area contributed by atoms with E-state index in [1.165, 1.54) is 0 Å². The van der Waals surface area contributed by atoms with Crippen LogP contribution in [0.25, 0.3) is 6.08 Å². The van der Waals surface area contributed by atoms with Gasteiger partial charge in [0.05, 0.1) is 6.54 Å². The zero-order valence-electron chi connectivity index (χ0n) is 5.99. The summed E-state index contributed by atoms with van der Waals surface area (Å²) >= 11 is 0. The van der Waals surface area contributed by atoms with Gasteiger partial charge in [0, 0.05) is 6.20 Å². The van der Waals surface area contributed by atoms with E-state index < -0.39 is 0 Å². The third-order valence-corrected chi connectivity index (χ3v) is 1.72. The van der Waals surface area contributed by atoms with Crippen LogP contribution in [-0.4, -0.2) is 10.3 Å². The van der Waals surface area contributed by atoms with Gasteiger partial charge >= 0.3 is 0 Å². The van der Waals surface area contributed by atoms with Crippen molar-refractivity contribution in [2.45, 2.75) is 6.54 Å². The lowest BCUT2D eigenvalue weighted by Crippen LogP contribution is -2.14. The average molecular weight is 146 g/mol. The van der Waals surface area contributed by atoms with Crippen LogP contribution in [0.4, 0.5) is 0 Å². The first-order chi connectivity index (χ1) is 5.36. The van der Waals surface area contributed by atoms with Crippen molar-refractivity contribution < 1.29 is 5.21 Å². The smallest absolute Gasteiger partial charge is 0.0702 e. The van der Waals surface area contributed by atoms with Crippen molar-refractivity contribution in [1.29, 1.82) is 0 Å². The molecular formula is C9H8NO. The van der Waals surface area contributed by atoms with Gasteiger partial charge in [-0.15, -0.1) is 0 Å². The summed E-state index contributed by atoms with van der Waals surface area (Å²) in [7, 11) is 0. The lowest BCUT2D eigenvalue weighted by Gasteiger charge is -2.17. The third kappa shape index (κ3) is 1.12. The number of rotatable bonds is 0. The second kappa shape index (κ2) is 2.40. The van der Waals surface area contributed by atoms with Crippen LogP contribution in [0.1, 0.15) is 11.1 Å².